The van der Waals surface area contributed by atoms with Crippen LogP contribution in [-0.2, 0) is 9.53 Å². The van der Waals surface area contributed by atoms with Gasteiger partial charge in [0.2, 0.25) is 5.91 Å². The maximum Gasteiger partial charge on any atom is 0.228 e. The lowest BCUT2D eigenvalue weighted by molar-refractivity contribution is -0.138. The van der Waals surface area contributed by atoms with E-state index >= 15 is 0 Å². The molecule has 4 heteroatoms. The van der Waals surface area contributed by atoms with Crippen LogP contribution in [0.15, 0.2) is 24.3 Å². The second-order valence-corrected chi connectivity index (χ2v) is 6.12. The first kappa shape index (κ1) is 15.8. The first-order valence-corrected chi connectivity index (χ1v) is 7.54. The van der Waals surface area contributed by atoms with Gasteiger partial charge in [0.15, 0.2) is 0 Å². The van der Waals surface area contributed by atoms with Gasteiger partial charge < -0.3 is 14.7 Å². The molecule has 0 spiro atoms. The zero-order valence-corrected chi connectivity index (χ0v) is 13.4. The summed E-state index contributed by atoms with van der Waals surface area (Å²) in [5.41, 5.74) is 0.764. The molecular formula is C17H25NO3. The minimum atomic E-state index is -0.172. The Morgan fingerprint density at radius 2 is 1.86 bits per heavy atom. The highest BCUT2D eigenvalue weighted by Crippen LogP contribution is 2.35. The first-order chi connectivity index (χ1) is 9.84. The molecule has 1 amide bonds. The number of amides is 1. The number of rotatable bonds is 3. The van der Waals surface area contributed by atoms with Gasteiger partial charge in [-0.15, -0.1) is 0 Å². The Labute approximate surface area is 126 Å². The molecule has 0 aromatic heterocycles. The molecule has 0 radical (unpaired) electrons. The van der Waals surface area contributed by atoms with E-state index in [0.717, 1.165) is 5.56 Å². The van der Waals surface area contributed by atoms with Gasteiger partial charge in [-0.25, -0.2) is 0 Å². The Bertz CT molecular complexity index is 517. The molecule has 4 nitrogen and oxygen atoms in total. The number of nitrogens with zero attached hydrogens (tertiary/aromatic N) is 1. The fourth-order valence-electron chi connectivity index (χ4n) is 3.17. The molecule has 1 N–H and O–H groups in total. The Kier molecular flexibility index (Phi) is 4.57. The van der Waals surface area contributed by atoms with E-state index in [0.29, 0.717) is 0 Å². The average molecular weight is 291 g/mol. The van der Waals surface area contributed by atoms with Crippen LogP contribution in [0.25, 0.3) is 0 Å². The molecule has 0 saturated carbocycles. The number of aromatic hydroxyl groups is 1. The fourth-order valence-corrected chi connectivity index (χ4v) is 3.17. The summed E-state index contributed by atoms with van der Waals surface area (Å²) in [5.74, 6) is 0.377. The monoisotopic (exact) mass is 291 g/mol. The van der Waals surface area contributed by atoms with Gasteiger partial charge in [-0.3, -0.25) is 4.79 Å². The lowest BCUT2D eigenvalue weighted by atomic mass is 9.88. The topological polar surface area (TPSA) is 49.8 Å². The Balaban J connectivity index is 2.18. The summed E-state index contributed by atoms with van der Waals surface area (Å²) < 4.78 is 5.77. The fraction of sp³-hybridized carbons (Fsp3) is 0.588. The number of carbonyl (C=O) groups is 1. The van der Waals surface area contributed by atoms with Crippen LogP contribution < -0.4 is 0 Å². The van der Waals surface area contributed by atoms with Crippen LogP contribution in [0, 0.1) is 11.8 Å². The van der Waals surface area contributed by atoms with Gasteiger partial charge in [-0.1, -0.05) is 25.1 Å². The molecule has 116 valence electrons. The third-order valence-corrected chi connectivity index (χ3v) is 4.84. The summed E-state index contributed by atoms with van der Waals surface area (Å²) in [6.45, 7) is 7.97. The predicted octanol–water partition coefficient (Wildman–Crippen LogP) is 2.97. The molecule has 1 fully saturated rings. The van der Waals surface area contributed by atoms with Crippen LogP contribution in [0.2, 0.25) is 0 Å². The molecule has 5 unspecified atom stereocenters. The number of hydrogen-bond donors (Lipinski definition) is 1. The number of ether oxygens (including phenoxy) is 1. The maximum absolute atomic E-state index is 12.8. The van der Waals surface area contributed by atoms with Crippen molar-refractivity contribution in [3.8, 4) is 5.75 Å². The second kappa shape index (κ2) is 6.06. The van der Waals surface area contributed by atoms with E-state index in [4.69, 9.17) is 4.74 Å². The van der Waals surface area contributed by atoms with Gasteiger partial charge in [-0.2, -0.15) is 0 Å². The van der Waals surface area contributed by atoms with Crippen LogP contribution in [0.1, 0.15) is 39.3 Å². The minimum Gasteiger partial charge on any atom is -0.508 e. The van der Waals surface area contributed by atoms with E-state index in [1.54, 1.807) is 24.1 Å². The highest BCUT2D eigenvalue weighted by Gasteiger charge is 2.43. The molecule has 1 aromatic carbocycles. The van der Waals surface area contributed by atoms with Gasteiger partial charge in [0.25, 0.3) is 0 Å². The lowest BCUT2D eigenvalue weighted by Gasteiger charge is -2.30. The summed E-state index contributed by atoms with van der Waals surface area (Å²) in [7, 11) is 1.79. The summed E-state index contributed by atoms with van der Waals surface area (Å²) in [6, 6.07) is 6.98. The molecule has 1 aliphatic rings. The minimum absolute atomic E-state index is 0.0680. The quantitative estimate of drug-likeness (QED) is 0.931. The SMILES string of the molecule is CC1OC(C)C(C(=O)N(C)C(C)c2ccccc2O)C1C. The number of hydrogen-bond acceptors (Lipinski definition) is 3. The average Bonchev–Trinajstić information content (AvgIpc) is 2.70. The normalized spacial score (nSPS) is 30.1. The van der Waals surface area contributed by atoms with Crippen molar-refractivity contribution in [2.45, 2.75) is 45.9 Å². The zero-order valence-electron chi connectivity index (χ0n) is 13.4. The summed E-state index contributed by atoms with van der Waals surface area (Å²) in [5, 5.41) is 9.96. The highest BCUT2D eigenvalue weighted by atomic mass is 16.5. The highest BCUT2D eigenvalue weighted by molar-refractivity contribution is 5.80. The van der Waals surface area contributed by atoms with E-state index in [1.165, 1.54) is 0 Å². The van der Waals surface area contributed by atoms with Crippen molar-refractivity contribution in [2.24, 2.45) is 11.8 Å². The molecule has 21 heavy (non-hydrogen) atoms. The van der Waals surface area contributed by atoms with Crippen molar-refractivity contribution in [1.29, 1.82) is 0 Å². The Morgan fingerprint density at radius 1 is 1.24 bits per heavy atom. The van der Waals surface area contributed by atoms with Crippen molar-refractivity contribution in [3.63, 3.8) is 0 Å². The molecule has 1 saturated heterocycles. The van der Waals surface area contributed by atoms with Crippen LogP contribution in [0.4, 0.5) is 0 Å². The second-order valence-electron chi connectivity index (χ2n) is 6.12. The van der Waals surface area contributed by atoms with E-state index in [9.17, 15) is 9.90 Å². The number of benzene rings is 1. The van der Waals surface area contributed by atoms with E-state index in [1.807, 2.05) is 32.9 Å². The molecule has 1 aromatic rings. The third kappa shape index (κ3) is 2.91. The number of carbonyl (C=O) groups excluding carboxylic acids is 1. The lowest BCUT2D eigenvalue weighted by Crippen LogP contribution is -2.40. The molecule has 2 rings (SSSR count). The predicted molar refractivity (Wildman–Crippen MR) is 82.0 cm³/mol. The standard InChI is InChI=1S/C17H25NO3/c1-10-12(3)21-13(4)16(10)17(20)18(5)11(2)14-8-6-7-9-15(14)19/h6-13,16,19H,1-5H3. The summed E-state index contributed by atoms with van der Waals surface area (Å²) in [4.78, 5) is 14.5. The van der Waals surface area contributed by atoms with Crippen molar-refractivity contribution >= 4 is 5.91 Å². The Morgan fingerprint density at radius 3 is 2.38 bits per heavy atom. The van der Waals surface area contributed by atoms with Gasteiger partial charge in [0.1, 0.15) is 5.75 Å². The Hall–Kier alpha value is -1.55. The van der Waals surface area contributed by atoms with Crippen molar-refractivity contribution in [1.82, 2.24) is 4.90 Å². The van der Waals surface area contributed by atoms with E-state index < -0.39 is 0 Å². The first-order valence-electron chi connectivity index (χ1n) is 7.54. The van der Waals surface area contributed by atoms with Gasteiger partial charge in [-0.05, 0) is 32.8 Å². The molecule has 5 atom stereocenters. The number of phenolic OH excluding ortho intramolecular Hbond substituents is 1. The van der Waals surface area contributed by atoms with E-state index in [2.05, 4.69) is 6.92 Å². The summed E-state index contributed by atoms with van der Waals surface area (Å²) in [6.07, 6.45) is 0.0318. The van der Waals surface area contributed by atoms with Crippen LogP contribution >= 0.6 is 0 Å². The van der Waals surface area contributed by atoms with Gasteiger partial charge in [0, 0.05) is 12.6 Å². The number of phenols is 1. The molecule has 0 bridgehead atoms. The summed E-state index contributed by atoms with van der Waals surface area (Å²) >= 11 is 0. The van der Waals surface area contributed by atoms with Gasteiger partial charge in [0.05, 0.1) is 24.2 Å². The molecule has 1 heterocycles. The van der Waals surface area contributed by atoms with Gasteiger partial charge >= 0.3 is 0 Å². The van der Waals surface area contributed by atoms with Crippen molar-refractivity contribution < 1.29 is 14.6 Å². The largest absolute Gasteiger partial charge is 0.508 e. The number of para-hydroxylation sites is 1. The van der Waals surface area contributed by atoms with Crippen LogP contribution in [0.3, 0.4) is 0 Å². The van der Waals surface area contributed by atoms with Crippen LogP contribution in [-0.4, -0.2) is 35.2 Å². The maximum atomic E-state index is 12.8. The molecule has 1 aliphatic heterocycles. The zero-order chi connectivity index (χ0) is 15.7. The third-order valence-electron chi connectivity index (χ3n) is 4.84. The van der Waals surface area contributed by atoms with Crippen molar-refractivity contribution in [3.05, 3.63) is 29.8 Å². The van der Waals surface area contributed by atoms with Crippen LogP contribution in [0.5, 0.6) is 5.75 Å². The van der Waals surface area contributed by atoms with Crippen molar-refractivity contribution in [2.75, 3.05) is 7.05 Å². The molecular weight excluding hydrogens is 266 g/mol. The molecule has 0 aliphatic carbocycles. The smallest absolute Gasteiger partial charge is 0.228 e. The van der Waals surface area contributed by atoms with E-state index in [-0.39, 0.29) is 41.7 Å².